The summed E-state index contributed by atoms with van der Waals surface area (Å²) < 4.78 is 1.59. The Morgan fingerprint density at radius 2 is 1.50 bits per heavy atom. The van der Waals surface area contributed by atoms with Crippen LogP contribution in [0, 0.1) is 25.7 Å². The summed E-state index contributed by atoms with van der Waals surface area (Å²) in [5, 5.41) is 29.5. The molecule has 1 aromatic rings. The van der Waals surface area contributed by atoms with Gasteiger partial charge in [-0.25, -0.2) is 0 Å². The van der Waals surface area contributed by atoms with Crippen molar-refractivity contribution >= 4 is 0 Å². The van der Waals surface area contributed by atoms with Gasteiger partial charge in [0.1, 0.15) is 0 Å². The predicted octanol–water partition coefficient (Wildman–Crippen LogP) is 2.31. The van der Waals surface area contributed by atoms with Crippen LogP contribution >= 0.6 is 0 Å². The van der Waals surface area contributed by atoms with Crippen LogP contribution in [0.1, 0.15) is 36.8 Å². The molecule has 3 N–H and O–H groups in total. The van der Waals surface area contributed by atoms with Crippen molar-refractivity contribution in [2.75, 3.05) is 6.61 Å². The number of hydrogen-bond donors (Lipinski definition) is 3. The second-order valence-corrected chi connectivity index (χ2v) is 5.50. The lowest BCUT2D eigenvalue weighted by Gasteiger charge is -2.30. The highest BCUT2D eigenvalue weighted by Crippen LogP contribution is 2.37. The molecule has 0 spiro atoms. The molecule has 2 unspecified atom stereocenters. The zero-order chi connectivity index (χ0) is 13.3. The van der Waals surface area contributed by atoms with Crippen LogP contribution < -0.4 is 0 Å². The lowest BCUT2D eigenvalue weighted by molar-refractivity contribution is 0.119. The molecule has 1 heterocycles. The number of aliphatic hydroxyl groups excluding tert-OH is 1. The van der Waals surface area contributed by atoms with Crippen molar-refractivity contribution in [3.63, 3.8) is 0 Å². The second-order valence-electron chi connectivity index (χ2n) is 5.50. The Bertz CT molecular complexity index is 400. The first kappa shape index (κ1) is 13.3. The van der Waals surface area contributed by atoms with Crippen LogP contribution in [0.5, 0.6) is 11.8 Å². The van der Waals surface area contributed by atoms with Crippen LogP contribution in [-0.2, 0) is 6.54 Å². The van der Waals surface area contributed by atoms with Crippen molar-refractivity contribution in [2.45, 2.75) is 46.1 Å². The van der Waals surface area contributed by atoms with Gasteiger partial charge in [0.05, 0.1) is 0 Å². The largest absolute Gasteiger partial charge is 0.494 e. The third kappa shape index (κ3) is 2.21. The molecule has 1 aromatic heterocycles. The average molecular weight is 253 g/mol. The van der Waals surface area contributed by atoms with Crippen LogP contribution in [0.3, 0.4) is 0 Å². The van der Waals surface area contributed by atoms with Gasteiger partial charge in [-0.2, -0.15) is 0 Å². The standard InChI is InChI=1S/C14H23NO3/c1-9-10(2)14(18)15(13(9)17)7-11-5-3-4-6-12(11)8-16/h11-12,16-18H,3-8H2,1-2H3. The molecule has 0 saturated heterocycles. The Labute approximate surface area is 108 Å². The lowest BCUT2D eigenvalue weighted by Crippen LogP contribution is -2.26. The van der Waals surface area contributed by atoms with Gasteiger partial charge in [-0.1, -0.05) is 12.8 Å². The highest BCUT2D eigenvalue weighted by atomic mass is 16.3. The van der Waals surface area contributed by atoms with E-state index in [1.54, 1.807) is 4.57 Å². The number of aliphatic hydroxyl groups is 1. The van der Waals surface area contributed by atoms with Gasteiger partial charge in [0.25, 0.3) is 0 Å². The van der Waals surface area contributed by atoms with Gasteiger partial charge in [-0.05, 0) is 38.5 Å². The van der Waals surface area contributed by atoms with Crippen molar-refractivity contribution in [1.29, 1.82) is 0 Å². The Balaban J connectivity index is 2.20. The Hall–Kier alpha value is -1.16. The Kier molecular flexibility index (Phi) is 3.85. The monoisotopic (exact) mass is 253 g/mol. The Morgan fingerprint density at radius 1 is 1.00 bits per heavy atom. The van der Waals surface area contributed by atoms with Crippen molar-refractivity contribution < 1.29 is 15.3 Å². The van der Waals surface area contributed by atoms with Crippen molar-refractivity contribution in [3.05, 3.63) is 11.1 Å². The number of aromatic hydroxyl groups is 2. The molecule has 0 aliphatic heterocycles. The number of aromatic nitrogens is 1. The summed E-state index contributed by atoms with van der Waals surface area (Å²) in [5.74, 6) is 0.951. The van der Waals surface area contributed by atoms with Gasteiger partial charge in [0, 0.05) is 24.3 Å². The highest BCUT2D eigenvalue weighted by molar-refractivity contribution is 5.43. The van der Waals surface area contributed by atoms with Crippen LogP contribution in [-0.4, -0.2) is 26.5 Å². The normalized spacial score (nSPS) is 24.4. The number of hydrogen-bond acceptors (Lipinski definition) is 3. The molecule has 2 atom stereocenters. The summed E-state index contributed by atoms with van der Waals surface area (Å²) in [6.45, 7) is 4.42. The van der Waals surface area contributed by atoms with E-state index in [0.717, 1.165) is 24.0 Å². The zero-order valence-electron chi connectivity index (χ0n) is 11.2. The topological polar surface area (TPSA) is 65.6 Å². The van der Waals surface area contributed by atoms with Gasteiger partial charge in [-0.15, -0.1) is 0 Å². The fourth-order valence-electron chi connectivity index (χ4n) is 3.01. The van der Waals surface area contributed by atoms with E-state index in [4.69, 9.17) is 0 Å². The highest BCUT2D eigenvalue weighted by Gasteiger charge is 2.27. The molecule has 18 heavy (non-hydrogen) atoms. The van der Waals surface area contributed by atoms with Gasteiger partial charge in [0.2, 0.25) is 0 Å². The van der Waals surface area contributed by atoms with Crippen molar-refractivity contribution in [2.24, 2.45) is 11.8 Å². The molecule has 1 aliphatic carbocycles. The molecule has 2 rings (SSSR count). The van der Waals surface area contributed by atoms with E-state index in [2.05, 4.69) is 0 Å². The third-order valence-electron chi connectivity index (χ3n) is 4.46. The lowest BCUT2D eigenvalue weighted by atomic mass is 9.79. The zero-order valence-corrected chi connectivity index (χ0v) is 11.2. The second kappa shape index (κ2) is 5.22. The van der Waals surface area contributed by atoms with E-state index in [9.17, 15) is 15.3 Å². The van der Waals surface area contributed by atoms with E-state index in [1.165, 1.54) is 12.8 Å². The summed E-state index contributed by atoms with van der Waals surface area (Å²) in [4.78, 5) is 0. The van der Waals surface area contributed by atoms with Gasteiger partial charge in [0.15, 0.2) is 11.8 Å². The van der Waals surface area contributed by atoms with Crippen LogP contribution in [0.15, 0.2) is 0 Å². The van der Waals surface area contributed by atoms with E-state index in [-0.39, 0.29) is 18.4 Å². The molecule has 0 aromatic carbocycles. The maximum absolute atomic E-state index is 10.0. The average Bonchev–Trinajstić information content (AvgIpc) is 2.57. The molecule has 4 nitrogen and oxygen atoms in total. The smallest absolute Gasteiger partial charge is 0.197 e. The Morgan fingerprint density at radius 3 is 2.00 bits per heavy atom. The molecule has 4 heteroatoms. The number of rotatable bonds is 3. The van der Waals surface area contributed by atoms with Crippen molar-refractivity contribution in [1.82, 2.24) is 4.57 Å². The maximum atomic E-state index is 10.0. The molecule has 0 amide bonds. The van der Waals surface area contributed by atoms with E-state index in [0.29, 0.717) is 18.4 Å². The van der Waals surface area contributed by atoms with Gasteiger partial charge in [-0.3, -0.25) is 4.57 Å². The van der Waals surface area contributed by atoms with Crippen LogP contribution in [0.4, 0.5) is 0 Å². The molecule has 1 fully saturated rings. The van der Waals surface area contributed by atoms with Crippen LogP contribution in [0.25, 0.3) is 0 Å². The summed E-state index contributed by atoms with van der Waals surface area (Å²) in [6.07, 6.45) is 4.44. The molecule has 1 saturated carbocycles. The summed E-state index contributed by atoms with van der Waals surface area (Å²) in [6, 6.07) is 0. The predicted molar refractivity (Wildman–Crippen MR) is 69.8 cm³/mol. The van der Waals surface area contributed by atoms with Gasteiger partial charge < -0.3 is 15.3 Å². The van der Waals surface area contributed by atoms with E-state index >= 15 is 0 Å². The molecule has 1 aliphatic rings. The minimum Gasteiger partial charge on any atom is -0.494 e. The quantitative estimate of drug-likeness (QED) is 0.774. The first-order chi connectivity index (χ1) is 8.56. The number of nitrogens with zero attached hydrogens (tertiary/aromatic N) is 1. The minimum atomic E-state index is 0.160. The van der Waals surface area contributed by atoms with E-state index in [1.807, 2.05) is 13.8 Å². The maximum Gasteiger partial charge on any atom is 0.197 e. The fourth-order valence-corrected chi connectivity index (χ4v) is 3.01. The van der Waals surface area contributed by atoms with E-state index < -0.39 is 0 Å². The first-order valence-corrected chi connectivity index (χ1v) is 6.74. The molecular weight excluding hydrogens is 230 g/mol. The fraction of sp³-hybridized carbons (Fsp3) is 0.714. The third-order valence-corrected chi connectivity index (χ3v) is 4.46. The minimum absolute atomic E-state index is 0.160. The summed E-state index contributed by atoms with van der Waals surface area (Å²) in [5.41, 5.74) is 1.48. The first-order valence-electron chi connectivity index (χ1n) is 6.74. The molecule has 0 bridgehead atoms. The SMILES string of the molecule is Cc1c(C)c(O)n(CC2CCCCC2CO)c1O. The summed E-state index contributed by atoms with van der Waals surface area (Å²) >= 11 is 0. The molecular formula is C14H23NO3. The van der Waals surface area contributed by atoms with Crippen molar-refractivity contribution in [3.8, 4) is 11.8 Å². The molecule has 102 valence electrons. The molecule has 0 radical (unpaired) electrons. The summed E-state index contributed by atoms with van der Waals surface area (Å²) in [7, 11) is 0. The van der Waals surface area contributed by atoms with Gasteiger partial charge >= 0.3 is 0 Å². The van der Waals surface area contributed by atoms with Crippen LogP contribution in [0.2, 0.25) is 0 Å².